The summed E-state index contributed by atoms with van der Waals surface area (Å²) in [7, 11) is 0. The third-order valence-electron chi connectivity index (χ3n) is 4.07. The van der Waals surface area contributed by atoms with E-state index in [-0.39, 0.29) is 0 Å². The third kappa shape index (κ3) is 3.24. The van der Waals surface area contributed by atoms with E-state index in [0.29, 0.717) is 0 Å². The molecule has 0 saturated carbocycles. The zero-order valence-corrected chi connectivity index (χ0v) is 14.5. The van der Waals surface area contributed by atoms with E-state index in [1.807, 2.05) is 74.5 Å². The largest absolute Gasteiger partial charge is 0.197 e. The van der Waals surface area contributed by atoms with Crippen LogP contribution in [0, 0.1) is 18.3 Å². The number of nitriles is 1. The molecule has 3 aromatic carbocycles. The van der Waals surface area contributed by atoms with Crippen molar-refractivity contribution in [3.63, 3.8) is 0 Å². The molecule has 0 amide bonds. The Hall–Kier alpha value is -2.85. The Morgan fingerprint density at radius 2 is 1.00 bits per heavy atom. The molecule has 0 unspecified atom stereocenters. The van der Waals surface area contributed by atoms with Gasteiger partial charge in [-0.05, 0) is 23.6 Å². The first kappa shape index (κ1) is 17.5. The second-order valence-corrected chi connectivity index (χ2v) is 5.46. The third-order valence-corrected chi connectivity index (χ3v) is 4.07. The lowest BCUT2D eigenvalue weighted by molar-refractivity contribution is 0.794. The minimum atomic E-state index is -0.782. The van der Waals surface area contributed by atoms with Crippen molar-refractivity contribution >= 4 is 0 Å². The van der Waals surface area contributed by atoms with Crippen LogP contribution in [-0.4, -0.2) is 0 Å². The highest BCUT2D eigenvalue weighted by molar-refractivity contribution is 5.56. The Balaban J connectivity index is 0.00000100. The normalized spacial score (nSPS) is 10.2. The maximum Gasteiger partial charge on any atom is 0.132 e. The van der Waals surface area contributed by atoms with E-state index < -0.39 is 5.41 Å². The lowest BCUT2D eigenvalue weighted by atomic mass is 9.70. The first-order valence-corrected chi connectivity index (χ1v) is 8.37. The average molecular weight is 313 g/mol. The minimum absolute atomic E-state index is 0.782. The lowest BCUT2D eigenvalue weighted by Gasteiger charge is -2.28. The van der Waals surface area contributed by atoms with Gasteiger partial charge in [0.25, 0.3) is 0 Å². The number of hydrogen-bond acceptors (Lipinski definition) is 1. The van der Waals surface area contributed by atoms with Crippen LogP contribution in [0.5, 0.6) is 0 Å². The van der Waals surface area contributed by atoms with Crippen molar-refractivity contribution in [1.29, 1.82) is 5.26 Å². The second-order valence-electron chi connectivity index (χ2n) is 5.46. The zero-order valence-electron chi connectivity index (χ0n) is 14.5. The van der Waals surface area contributed by atoms with Gasteiger partial charge < -0.3 is 0 Å². The van der Waals surface area contributed by atoms with Gasteiger partial charge in [0.1, 0.15) is 5.41 Å². The molecule has 0 fully saturated rings. The molecule has 120 valence electrons. The summed E-state index contributed by atoms with van der Waals surface area (Å²) >= 11 is 0. The molecule has 0 aromatic heterocycles. The van der Waals surface area contributed by atoms with E-state index in [4.69, 9.17) is 0 Å². The molecule has 0 bridgehead atoms. The van der Waals surface area contributed by atoms with Gasteiger partial charge in [0.05, 0.1) is 6.07 Å². The quantitative estimate of drug-likeness (QED) is 0.554. The van der Waals surface area contributed by atoms with E-state index in [9.17, 15) is 5.26 Å². The van der Waals surface area contributed by atoms with Gasteiger partial charge in [-0.15, -0.1) is 0 Å². The fourth-order valence-electron chi connectivity index (χ4n) is 2.87. The van der Waals surface area contributed by atoms with Crippen LogP contribution in [0.25, 0.3) is 0 Å². The van der Waals surface area contributed by atoms with Gasteiger partial charge in [-0.1, -0.05) is 104 Å². The van der Waals surface area contributed by atoms with Gasteiger partial charge in [-0.3, -0.25) is 0 Å². The van der Waals surface area contributed by atoms with Crippen molar-refractivity contribution in [1.82, 2.24) is 0 Å². The summed E-state index contributed by atoms with van der Waals surface area (Å²) in [5.41, 5.74) is 3.39. The van der Waals surface area contributed by atoms with Crippen molar-refractivity contribution in [2.75, 3.05) is 0 Å². The lowest BCUT2D eigenvalue weighted by Crippen LogP contribution is -2.27. The number of aryl methyl sites for hydroxylation is 1. The van der Waals surface area contributed by atoms with Gasteiger partial charge in [-0.25, -0.2) is 0 Å². The van der Waals surface area contributed by atoms with E-state index in [1.54, 1.807) is 0 Å². The van der Waals surface area contributed by atoms with Gasteiger partial charge >= 0.3 is 0 Å². The fourth-order valence-corrected chi connectivity index (χ4v) is 2.87. The molecule has 0 aliphatic heterocycles. The molecule has 0 aliphatic carbocycles. The van der Waals surface area contributed by atoms with E-state index in [1.165, 1.54) is 5.56 Å². The summed E-state index contributed by atoms with van der Waals surface area (Å²) < 4.78 is 0. The van der Waals surface area contributed by atoms with Crippen molar-refractivity contribution in [2.45, 2.75) is 26.2 Å². The Morgan fingerprint density at radius 3 is 1.38 bits per heavy atom. The molecule has 3 rings (SSSR count). The van der Waals surface area contributed by atoms with Crippen molar-refractivity contribution < 1.29 is 0 Å². The van der Waals surface area contributed by atoms with Gasteiger partial charge in [0.15, 0.2) is 0 Å². The van der Waals surface area contributed by atoms with Crippen LogP contribution in [0.2, 0.25) is 0 Å². The highest BCUT2D eigenvalue weighted by atomic mass is 14.4. The molecule has 24 heavy (non-hydrogen) atoms. The Labute approximate surface area is 145 Å². The molecule has 3 aromatic rings. The molecule has 0 atom stereocenters. The maximum atomic E-state index is 10.2. The molecule has 0 N–H and O–H groups in total. The van der Waals surface area contributed by atoms with Gasteiger partial charge in [0, 0.05) is 0 Å². The molecular weight excluding hydrogens is 290 g/mol. The van der Waals surface area contributed by atoms with Gasteiger partial charge in [-0.2, -0.15) is 5.26 Å². The van der Waals surface area contributed by atoms with E-state index in [2.05, 4.69) is 37.3 Å². The number of hydrogen-bond donors (Lipinski definition) is 0. The monoisotopic (exact) mass is 313 g/mol. The maximum absolute atomic E-state index is 10.2. The molecule has 0 heterocycles. The highest BCUT2D eigenvalue weighted by Crippen LogP contribution is 2.38. The topological polar surface area (TPSA) is 23.8 Å². The van der Waals surface area contributed by atoms with Crippen LogP contribution < -0.4 is 0 Å². The number of rotatable bonds is 3. The summed E-state index contributed by atoms with van der Waals surface area (Å²) in [6.45, 7) is 6.06. The second kappa shape index (κ2) is 8.13. The molecule has 1 heteroatoms. The van der Waals surface area contributed by atoms with Crippen LogP contribution in [0.1, 0.15) is 36.1 Å². The first-order valence-electron chi connectivity index (χ1n) is 8.37. The standard InChI is InChI=1S/C21H17N.C2H6/c1-17-12-14-20(15-13-17)21(16-22,18-8-4-2-5-9-18)19-10-6-3-7-11-19;1-2/h2-15H,1H3;1-2H3. The molecular formula is C23H23N. The minimum Gasteiger partial charge on any atom is -0.197 e. The van der Waals surface area contributed by atoms with Crippen LogP contribution in [0.15, 0.2) is 84.9 Å². The predicted molar refractivity (Wildman–Crippen MR) is 101 cm³/mol. The van der Waals surface area contributed by atoms with Crippen LogP contribution in [0.4, 0.5) is 0 Å². The zero-order chi connectivity index (χ0) is 17.4. The van der Waals surface area contributed by atoms with Crippen molar-refractivity contribution in [2.24, 2.45) is 0 Å². The molecule has 1 nitrogen and oxygen atoms in total. The highest BCUT2D eigenvalue weighted by Gasteiger charge is 2.36. The predicted octanol–water partition coefficient (Wildman–Crippen LogP) is 5.88. The van der Waals surface area contributed by atoms with E-state index in [0.717, 1.165) is 16.7 Å². The molecule has 0 spiro atoms. The summed E-state index contributed by atoms with van der Waals surface area (Å²) in [6.07, 6.45) is 0. The molecule has 0 radical (unpaired) electrons. The number of benzene rings is 3. The van der Waals surface area contributed by atoms with Crippen LogP contribution in [0.3, 0.4) is 0 Å². The average Bonchev–Trinajstić information content (AvgIpc) is 2.68. The smallest absolute Gasteiger partial charge is 0.132 e. The summed E-state index contributed by atoms with van der Waals surface area (Å²) in [6, 6.07) is 30.8. The van der Waals surface area contributed by atoms with Crippen molar-refractivity contribution in [3.8, 4) is 6.07 Å². The molecule has 0 saturated heterocycles. The number of nitrogens with zero attached hydrogens (tertiary/aromatic N) is 1. The Morgan fingerprint density at radius 1 is 0.625 bits per heavy atom. The van der Waals surface area contributed by atoms with E-state index >= 15 is 0 Å². The fraction of sp³-hybridized carbons (Fsp3) is 0.174. The van der Waals surface area contributed by atoms with Gasteiger partial charge in [0.2, 0.25) is 0 Å². The van der Waals surface area contributed by atoms with Crippen molar-refractivity contribution in [3.05, 3.63) is 107 Å². The van der Waals surface area contributed by atoms with Crippen LogP contribution in [-0.2, 0) is 5.41 Å². The summed E-state index contributed by atoms with van der Waals surface area (Å²) in [4.78, 5) is 0. The Kier molecular flexibility index (Phi) is 5.93. The Bertz CT molecular complexity index is 741. The summed E-state index contributed by atoms with van der Waals surface area (Å²) in [5, 5.41) is 10.2. The SMILES string of the molecule is CC.Cc1ccc(C(C#N)(c2ccccc2)c2ccccc2)cc1. The van der Waals surface area contributed by atoms with Crippen LogP contribution >= 0.6 is 0 Å². The summed E-state index contributed by atoms with van der Waals surface area (Å²) in [5.74, 6) is 0. The first-order chi connectivity index (χ1) is 11.8. The molecule has 0 aliphatic rings.